The van der Waals surface area contributed by atoms with Crippen LogP contribution in [0.4, 0.5) is 18.9 Å². The Morgan fingerprint density at radius 1 is 1.02 bits per heavy atom. The number of anilines is 1. The van der Waals surface area contributed by atoms with E-state index in [1.165, 1.54) is 12.3 Å². The van der Waals surface area contributed by atoms with Gasteiger partial charge in [0.25, 0.3) is 5.91 Å². The molecule has 0 atom stereocenters. The van der Waals surface area contributed by atoms with Crippen LogP contribution in [0.3, 0.4) is 0 Å². The molecule has 5 aromatic rings. The van der Waals surface area contributed by atoms with Crippen LogP contribution in [0.15, 0.2) is 73.6 Å². The van der Waals surface area contributed by atoms with E-state index < -0.39 is 17.6 Å². The number of rotatable bonds is 5. The largest absolute Gasteiger partial charge is 0.416 e. The van der Waals surface area contributed by atoms with E-state index in [0.29, 0.717) is 29.3 Å². The number of aryl methyl sites for hydroxylation is 1. The number of benzene rings is 2. The fourth-order valence-corrected chi connectivity index (χ4v) is 4.18. The highest BCUT2D eigenvalue weighted by molar-refractivity contribution is 6.06. The van der Waals surface area contributed by atoms with E-state index in [-0.39, 0.29) is 16.9 Å². The van der Waals surface area contributed by atoms with Gasteiger partial charge in [-0.1, -0.05) is 12.0 Å². The summed E-state index contributed by atoms with van der Waals surface area (Å²) in [4.78, 5) is 27.8. The molecule has 0 saturated carbocycles. The van der Waals surface area contributed by atoms with Crippen molar-refractivity contribution in [2.45, 2.75) is 19.6 Å². The van der Waals surface area contributed by atoms with Crippen molar-refractivity contribution in [3.8, 4) is 17.5 Å². The number of carbonyl (C=O) groups is 1. The molecule has 3 aromatic heterocycles. The van der Waals surface area contributed by atoms with Crippen molar-refractivity contribution in [1.29, 1.82) is 0 Å². The zero-order chi connectivity index (χ0) is 28.4. The minimum Gasteiger partial charge on any atom is -0.322 e. The van der Waals surface area contributed by atoms with E-state index in [0.717, 1.165) is 17.7 Å². The molecule has 40 heavy (non-hydrogen) atoms. The van der Waals surface area contributed by atoms with Gasteiger partial charge in [0.05, 0.1) is 30.1 Å². The van der Waals surface area contributed by atoms with E-state index in [1.54, 1.807) is 58.2 Å². The van der Waals surface area contributed by atoms with Gasteiger partial charge >= 0.3 is 6.18 Å². The third-order valence-electron chi connectivity index (χ3n) is 6.02. The molecule has 1 N–H and O–H groups in total. The van der Waals surface area contributed by atoms with Crippen molar-refractivity contribution in [1.82, 2.24) is 28.8 Å². The summed E-state index contributed by atoms with van der Waals surface area (Å²) in [5.74, 6) is 6.02. The first kappa shape index (κ1) is 26.6. The van der Waals surface area contributed by atoms with Gasteiger partial charge in [-0.05, 0) is 62.8 Å². The van der Waals surface area contributed by atoms with E-state index in [2.05, 4.69) is 32.1 Å². The van der Waals surface area contributed by atoms with E-state index in [9.17, 15) is 18.0 Å². The highest BCUT2D eigenvalue weighted by Gasteiger charge is 2.32. The minimum atomic E-state index is -4.62. The first-order chi connectivity index (χ1) is 19.1. The van der Waals surface area contributed by atoms with E-state index in [1.807, 2.05) is 25.9 Å². The zero-order valence-electron chi connectivity index (χ0n) is 21.9. The van der Waals surface area contributed by atoms with Crippen LogP contribution in [0.2, 0.25) is 0 Å². The molecule has 0 unspecified atom stereocenters. The number of alkyl halides is 3. The second kappa shape index (κ2) is 10.7. The molecule has 0 aliphatic heterocycles. The number of amides is 1. The van der Waals surface area contributed by atoms with Gasteiger partial charge in [0, 0.05) is 41.7 Å². The Morgan fingerprint density at radius 2 is 1.85 bits per heavy atom. The monoisotopic (exact) mass is 543 g/mol. The Labute approximate surface area is 228 Å². The van der Waals surface area contributed by atoms with Crippen molar-refractivity contribution in [2.75, 3.05) is 19.4 Å². The second-order valence-electron chi connectivity index (χ2n) is 9.42. The third-order valence-corrected chi connectivity index (χ3v) is 6.02. The van der Waals surface area contributed by atoms with Crippen LogP contribution >= 0.6 is 0 Å². The van der Waals surface area contributed by atoms with Gasteiger partial charge < -0.3 is 14.8 Å². The van der Waals surface area contributed by atoms with Gasteiger partial charge in [-0.15, -0.1) is 0 Å². The van der Waals surface area contributed by atoms with Crippen LogP contribution in [0.5, 0.6) is 0 Å². The molecular weight excluding hydrogens is 519 g/mol. The summed E-state index contributed by atoms with van der Waals surface area (Å²) in [6, 6.07) is 8.53. The maximum Gasteiger partial charge on any atom is 0.416 e. The highest BCUT2D eigenvalue weighted by Crippen LogP contribution is 2.33. The molecule has 0 fully saturated rings. The predicted octanol–water partition coefficient (Wildman–Crippen LogP) is 4.96. The fraction of sp³-hybridized carbons (Fsp3) is 0.172. The Bertz CT molecular complexity index is 1770. The van der Waals surface area contributed by atoms with Gasteiger partial charge in [-0.2, -0.15) is 13.2 Å². The van der Waals surface area contributed by atoms with Crippen LogP contribution in [-0.2, 0) is 12.7 Å². The number of imidazole rings is 2. The number of hydrogen-bond donors (Lipinski definition) is 1. The number of nitrogens with one attached hydrogen (secondary N) is 1. The lowest BCUT2D eigenvalue weighted by molar-refractivity contribution is -0.137. The molecule has 8 nitrogen and oxygen atoms in total. The molecule has 0 spiro atoms. The Balaban J connectivity index is 1.50. The quantitative estimate of drug-likeness (QED) is 0.317. The van der Waals surface area contributed by atoms with E-state index in [4.69, 9.17) is 0 Å². The summed E-state index contributed by atoms with van der Waals surface area (Å²) < 4.78 is 44.9. The van der Waals surface area contributed by atoms with Crippen molar-refractivity contribution in [3.63, 3.8) is 0 Å². The van der Waals surface area contributed by atoms with Gasteiger partial charge in [0.1, 0.15) is 11.5 Å². The highest BCUT2D eigenvalue weighted by atomic mass is 19.4. The van der Waals surface area contributed by atoms with Crippen LogP contribution in [0, 0.1) is 18.8 Å². The summed E-state index contributed by atoms with van der Waals surface area (Å²) in [5, 5.41) is 2.64. The molecular formula is C29H24F3N7O. The molecule has 0 bridgehead atoms. The van der Waals surface area contributed by atoms with Crippen LogP contribution in [0.1, 0.15) is 38.6 Å². The Morgan fingerprint density at radius 3 is 2.62 bits per heavy atom. The maximum atomic E-state index is 13.8. The smallest absolute Gasteiger partial charge is 0.322 e. The standard InChI is InChI=1S/C29H24F3N7O/c1-19-4-7-25(20(12-19)5-6-23-16-35-26-17-33-8-10-38(23)26)28(40)36-22-13-21(29(30,31)32)14-24(15-22)39-11-9-34-27(39)18-37(2)3/h4,7-17H,18H2,1-3H3,(H,36,40). The normalized spacial score (nSPS) is 11.5. The van der Waals surface area contributed by atoms with Gasteiger partial charge in [-0.3, -0.25) is 14.2 Å². The van der Waals surface area contributed by atoms with Crippen molar-refractivity contribution < 1.29 is 18.0 Å². The first-order valence-electron chi connectivity index (χ1n) is 12.2. The summed E-state index contributed by atoms with van der Waals surface area (Å²) in [6.45, 7) is 2.28. The van der Waals surface area contributed by atoms with Gasteiger partial charge in [0.15, 0.2) is 5.65 Å². The van der Waals surface area contributed by atoms with Crippen LogP contribution in [0.25, 0.3) is 11.3 Å². The average Bonchev–Trinajstić information content (AvgIpc) is 3.53. The SMILES string of the molecule is Cc1ccc(C(=O)Nc2cc(-n3ccnc3CN(C)C)cc(C(F)(F)F)c2)c(C#Cc2cnc3cnccn23)c1. The predicted molar refractivity (Wildman–Crippen MR) is 144 cm³/mol. The Hall–Kier alpha value is -4.95. The van der Waals surface area contributed by atoms with E-state index >= 15 is 0 Å². The van der Waals surface area contributed by atoms with Crippen molar-refractivity contribution in [2.24, 2.45) is 0 Å². The average molecular weight is 544 g/mol. The number of nitrogens with zero attached hydrogens (tertiary/aromatic N) is 6. The molecule has 0 aliphatic carbocycles. The molecule has 0 radical (unpaired) electrons. The molecule has 5 rings (SSSR count). The van der Waals surface area contributed by atoms with Crippen LogP contribution < -0.4 is 5.32 Å². The molecule has 2 aromatic carbocycles. The summed E-state index contributed by atoms with van der Waals surface area (Å²) in [7, 11) is 3.68. The summed E-state index contributed by atoms with van der Waals surface area (Å²) >= 11 is 0. The molecule has 1 amide bonds. The van der Waals surface area contributed by atoms with Crippen molar-refractivity contribution in [3.05, 3.63) is 107 Å². The lowest BCUT2D eigenvalue weighted by Gasteiger charge is -2.16. The van der Waals surface area contributed by atoms with Crippen molar-refractivity contribution >= 4 is 17.2 Å². The second-order valence-corrected chi connectivity index (χ2v) is 9.42. The summed E-state index contributed by atoms with van der Waals surface area (Å²) in [6.07, 6.45) is 5.03. The van der Waals surface area contributed by atoms with Gasteiger partial charge in [0.2, 0.25) is 0 Å². The fourth-order valence-electron chi connectivity index (χ4n) is 4.18. The maximum absolute atomic E-state index is 13.8. The lowest BCUT2D eigenvalue weighted by atomic mass is 10.0. The molecule has 0 saturated heterocycles. The van der Waals surface area contributed by atoms with Gasteiger partial charge in [-0.25, -0.2) is 9.97 Å². The lowest BCUT2D eigenvalue weighted by Crippen LogP contribution is -2.17. The molecule has 202 valence electrons. The minimum absolute atomic E-state index is 0.00639. The zero-order valence-corrected chi connectivity index (χ0v) is 21.9. The topological polar surface area (TPSA) is 80.3 Å². The number of fused-ring (bicyclic) bond motifs is 1. The first-order valence-corrected chi connectivity index (χ1v) is 12.2. The number of aromatic nitrogens is 5. The third kappa shape index (κ3) is 5.72. The molecule has 11 heteroatoms. The Kier molecular flexibility index (Phi) is 7.11. The molecule has 3 heterocycles. The van der Waals surface area contributed by atoms with Crippen LogP contribution in [-0.4, -0.2) is 48.8 Å². The number of halogens is 3. The molecule has 0 aliphatic rings. The summed E-state index contributed by atoms with van der Waals surface area (Å²) in [5.41, 5.74) is 2.08. The number of carbonyl (C=O) groups excluding carboxylic acids is 1. The number of hydrogen-bond acceptors (Lipinski definition) is 5.